The van der Waals surface area contributed by atoms with Crippen molar-refractivity contribution in [1.29, 1.82) is 0 Å². The number of rotatable bonds is 3. The lowest BCUT2D eigenvalue weighted by atomic mass is 10.00. The second-order valence-electron chi connectivity index (χ2n) is 3.25. The van der Waals surface area contributed by atoms with Gasteiger partial charge in [-0.15, -0.1) is 11.8 Å². The summed E-state index contributed by atoms with van der Waals surface area (Å²) in [7, 11) is 0. The lowest BCUT2D eigenvalue weighted by Gasteiger charge is -2.06. The third-order valence-corrected chi connectivity index (χ3v) is 2.19. The van der Waals surface area contributed by atoms with E-state index in [0.717, 1.165) is 5.92 Å². The van der Waals surface area contributed by atoms with E-state index in [9.17, 15) is 0 Å². The largest absolute Gasteiger partial charge is 0.107 e. The zero-order chi connectivity index (χ0) is 11.4. The molecule has 0 heterocycles. The molecule has 0 aromatic carbocycles. The Balaban J connectivity index is 0. The maximum Gasteiger partial charge on any atom is -0.00271 e. The zero-order valence-corrected chi connectivity index (χ0v) is 10.5. The fourth-order valence-corrected chi connectivity index (χ4v) is 0.734. The van der Waals surface area contributed by atoms with E-state index in [1.165, 1.54) is 12.0 Å². The van der Waals surface area contributed by atoms with Gasteiger partial charge in [-0.2, -0.15) is 0 Å². The summed E-state index contributed by atoms with van der Waals surface area (Å²) in [5.41, 5.74) is 1.47. The van der Waals surface area contributed by atoms with Crippen LogP contribution >= 0.6 is 0 Å². The first-order valence-corrected chi connectivity index (χ1v) is 5.26. The molecule has 0 heteroatoms. The van der Waals surface area contributed by atoms with Crippen molar-refractivity contribution in [2.45, 2.75) is 48.0 Å². The highest BCUT2D eigenvalue weighted by Crippen LogP contribution is 2.12. The summed E-state index contributed by atoms with van der Waals surface area (Å²) in [6.07, 6.45) is 7.58. The minimum Gasteiger partial charge on any atom is -0.107 e. The van der Waals surface area contributed by atoms with Crippen LogP contribution in [0.2, 0.25) is 0 Å². The fourth-order valence-electron chi connectivity index (χ4n) is 0.734. The molecular formula is C14H24. The maximum absolute atomic E-state index is 2.68. The predicted molar refractivity (Wildman–Crippen MR) is 67.2 cm³/mol. The van der Waals surface area contributed by atoms with Crippen LogP contribution in [-0.4, -0.2) is 0 Å². The van der Waals surface area contributed by atoms with Crippen LogP contribution in [0.25, 0.3) is 0 Å². The van der Waals surface area contributed by atoms with E-state index in [-0.39, 0.29) is 0 Å². The number of hydrogen-bond donors (Lipinski definition) is 0. The van der Waals surface area contributed by atoms with Crippen molar-refractivity contribution in [3.63, 3.8) is 0 Å². The molecule has 14 heavy (non-hydrogen) atoms. The molecule has 0 aliphatic rings. The molecule has 0 fully saturated rings. The quantitative estimate of drug-likeness (QED) is 0.453. The van der Waals surface area contributed by atoms with Crippen molar-refractivity contribution < 1.29 is 0 Å². The van der Waals surface area contributed by atoms with E-state index < -0.39 is 0 Å². The van der Waals surface area contributed by atoms with Gasteiger partial charge in [-0.05, 0) is 40.0 Å². The first-order valence-electron chi connectivity index (χ1n) is 5.26. The highest BCUT2D eigenvalue weighted by atomic mass is 14.0. The van der Waals surface area contributed by atoms with Crippen molar-refractivity contribution in [3.8, 4) is 11.8 Å². The Labute approximate surface area is 90.1 Å². The Bertz CT molecular complexity index is 214. The molecule has 0 radical (unpaired) electrons. The third kappa shape index (κ3) is 11.0. The maximum atomic E-state index is 2.68. The van der Waals surface area contributed by atoms with Crippen LogP contribution in [0.15, 0.2) is 23.8 Å². The zero-order valence-electron chi connectivity index (χ0n) is 10.5. The fraction of sp³-hybridized carbons (Fsp3) is 0.571. The average Bonchev–Trinajstić information content (AvgIpc) is 2.24. The van der Waals surface area contributed by atoms with Crippen LogP contribution in [0.1, 0.15) is 48.0 Å². The average molecular weight is 192 g/mol. The van der Waals surface area contributed by atoms with Gasteiger partial charge in [-0.1, -0.05) is 37.6 Å². The SMILES string of the molecule is C/C=C\C=C(/C)C(C)CC.CC#CC. The summed E-state index contributed by atoms with van der Waals surface area (Å²) < 4.78 is 0. The van der Waals surface area contributed by atoms with Crippen LogP contribution in [0.4, 0.5) is 0 Å². The van der Waals surface area contributed by atoms with Gasteiger partial charge >= 0.3 is 0 Å². The van der Waals surface area contributed by atoms with Crippen LogP contribution in [-0.2, 0) is 0 Å². The van der Waals surface area contributed by atoms with Crippen LogP contribution in [0, 0.1) is 17.8 Å². The molecule has 0 spiro atoms. The molecule has 0 N–H and O–H groups in total. The van der Waals surface area contributed by atoms with E-state index in [1.54, 1.807) is 0 Å². The van der Waals surface area contributed by atoms with Gasteiger partial charge in [0.05, 0.1) is 0 Å². The van der Waals surface area contributed by atoms with Gasteiger partial charge in [0.25, 0.3) is 0 Å². The molecule has 0 rings (SSSR count). The first kappa shape index (κ1) is 15.5. The molecular weight excluding hydrogens is 168 g/mol. The van der Waals surface area contributed by atoms with E-state index in [2.05, 4.69) is 50.8 Å². The highest BCUT2D eigenvalue weighted by Gasteiger charge is 1.97. The second kappa shape index (κ2) is 12.0. The Hall–Kier alpha value is -0.960. The summed E-state index contributed by atoms with van der Waals surface area (Å²) in [5.74, 6) is 6.09. The Morgan fingerprint density at radius 1 is 1.29 bits per heavy atom. The summed E-state index contributed by atoms with van der Waals surface area (Å²) in [6, 6.07) is 0. The molecule has 0 saturated heterocycles. The molecule has 0 amide bonds. The van der Waals surface area contributed by atoms with E-state index >= 15 is 0 Å². The third-order valence-electron chi connectivity index (χ3n) is 2.19. The Morgan fingerprint density at radius 3 is 2.07 bits per heavy atom. The Morgan fingerprint density at radius 2 is 1.79 bits per heavy atom. The molecule has 0 aromatic heterocycles. The van der Waals surface area contributed by atoms with Crippen molar-refractivity contribution in [2.75, 3.05) is 0 Å². The van der Waals surface area contributed by atoms with E-state index in [4.69, 9.17) is 0 Å². The topological polar surface area (TPSA) is 0 Å². The number of allylic oxidation sites excluding steroid dienone is 4. The highest BCUT2D eigenvalue weighted by molar-refractivity contribution is 5.11. The van der Waals surface area contributed by atoms with Crippen LogP contribution < -0.4 is 0 Å². The Kier molecular flexibility index (Phi) is 13.3. The van der Waals surface area contributed by atoms with Crippen LogP contribution in [0.3, 0.4) is 0 Å². The first-order chi connectivity index (χ1) is 6.63. The molecule has 0 aromatic rings. The van der Waals surface area contributed by atoms with Gasteiger partial charge in [0.15, 0.2) is 0 Å². The standard InChI is InChI=1S/C10H18.C4H6/c1-5-7-8-10(4)9(3)6-2;1-3-4-2/h5,7-9H,6H2,1-4H3;1-2H3/b7-5-,10-8+;. The summed E-state index contributed by atoms with van der Waals surface area (Å²) in [6.45, 7) is 12.3. The minimum atomic E-state index is 0.733. The molecule has 0 aliphatic carbocycles. The van der Waals surface area contributed by atoms with Gasteiger partial charge in [0.2, 0.25) is 0 Å². The lowest BCUT2D eigenvalue weighted by Crippen LogP contribution is -1.92. The monoisotopic (exact) mass is 192 g/mol. The van der Waals surface area contributed by atoms with Gasteiger partial charge in [0, 0.05) is 0 Å². The summed E-state index contributed by atoms with van der Waals surface area (Å²) in [4.78, 5) is 0. The number of hydrogen-bond acceptors (Lipinski definition) is 0. The van der Waals surface area contributed by atoms with Crippen molar-refractivity contribution in [2.24, 2.45) is 5.92 Å². The molecule has 0 bridgehead atoms. The van der Waals surface area contributed by atoms with Crippen molar-refractivity contribution >= 4 is 0 Å². The molecule has 0 aliphatic heterocycles. The molecule has 1 unspecified atom stereocenters. The van der Waals surface area contributed by atoms with Crippen molar-refractivity contribution in [3.05, 3.63) is 23.8 Å². The second-order valence-corrected chi connectivity index (χ2v) is 3.25. The molecule has 0 saturated carbocycles. The van der Waals surface area contributed by atoms with Gasteiger partial charge in [-0.25, -0.2) is 0 Å². The summed E-state index contributed by atoms with van der Waals surface area (Å²) in [5, 5.41) is 0. The summed E-state index contributed by atoms with van der Waals surface area (Å²) >= 11 is 0. The van der Waals surface area contributed by atoms with Crippen LogP contribution in [0.5, 0.6) is 0 Å². The van der Waals surface area contributed by atoms with Gasteiger partial charge in [0.1, 0.15) is 0 Å². The lowest BCUT2D eigenvalue weighted by molar-refractivity contribution is 0.655. The van der Waals surface area contributed by atoms with E-state index in [1.807, 2.05) is 20.8 Å². The van der Waals surface area contributed by atoms with Gasteiger partial charge < -0.3 is 0 Å². The normalized spacial score (nSPS) is 12.6. The smallest absolute Gasteiger partial charge is 0.00271 e. The van der Waals surface area contributed by atoms with Crippen molar-refractivity contribution in [1.82, 2.24) is 0 Å². The molecule has 0 nitrogen and oxygen atoms in total. The predicted octanol–water partition coefficient (Wildman–Crippen LogP) is 4.58. The minimum absolute atomic E-state index is 0.733. The molecule has 1 atom stereocenters. The van der Waals surface area contributed by atoms with E-state index in [0.29, 0.717) is 0 Å². The molecule has 80 valence electrons. The van der Waals surface area contributed by atoms with Gasteiger partial charge in [-0.3, -0.25) is 0 Å².